The quantitative estimate of drug-likeness (QED) is 0.649. The van der Waals surface area contributed by atoms with Crippen LogP contribution in [0.3, 0.4) is 0 Å². The minimum atomic E-state index is 0.0995. The highest BCUT2D eigenvalue weighted by Crippen LogP contribution is 2.28. The van der Waals surface area contributed by atoms with Gasteiger partial charge in [0.15, 0.2) is 5.13 Å². The number of rotatable bonds is 5. The van der Waals surface area contributed by atoms with Crippen LogP contribution < -0.4 is 4.90 Å². The average Bonchev–Trinajstić information content (AvgIpc) is 2.99. The van der Waals surface area contributed by atoms with Crippen LogP contribution in [0.15, 0.2) is 59.5 Å². The van der Waals surface area contributed by atoms with Crippen molar-refractivity contribution >= 4 is 44.4 Å². The van der Waals surface area contributed by atoms with Crippen LogP contribution in [0, 0.1) is 0 Å². The van der Waals surface area contributed by atoms with E-state index in [-0.39, 0.29) is 5.91 Å². The third-order valence-corrected chi connectivity index (χ3v) is 5.40. The second kappa shape index (κ2) is 6.94. The number of hydrogen-bond acceptors (Lipinski definition) is 4. The number of thiazole rings is 1. The number of carbonyl (C=O) groups excluding carboxylic acids is 1. The Kier molecular flexibility index (Phi) is 4.75. The fraction of sp³-hybridized carbons (Fsp3) is 0.176. The van der Waals surface area contributed by atoms with Crippen LogP contribution in [0.4, 0.5) is 5.13 Å². The van der Waals surface area contributed by atoms with E-state index in [1.165, 1.54) is 4.90 Å². The number of para-hydroxylation sites is 1. The highest BCUT2D eigenvalue weighted by atomic mass is 32.2. The lowest BCUT2D eigenvalue weighted by atomic mass is 10.3. The topological polar surface area (TPSA) is 33.2 Å². The number of anilines is 1. The maximum atomic E-state index is 12.3. The summed E-state index contributed by atoms with van der Waals surface area (Å²) in [4.78, 5) is 19.7. The Hall–Kier alpha value is -1.85. The molecule has 1 aromatic heterocycles. The first-order chi connectivity index (χ1) is 10.7. The minimum Gasteiger partial charge on any atom is -0.291 e. The number of fused-ring (bicyclic) bond motifs is 1. The van der Waals surface area contributed by atoms with E-state index in [4.69, 9.17) is 0 Å². The second-order valence-electron chi connectivity index (χ2n) is 4.83. The highest BCUT2D eigenvalue weighted by molar-refractivity contribution is 7.99. The lowest BCUT2D eigenvalue weighted by molar-refractivity contribution is -0.117. The van der Waals surface area contributed by atoms with Crippen molar-refractivity contribution in [1.82, 2.24) is 4.98 Å². The summed E-state index contributed by atoms with van der Waals surface area (Å²) < 4.78 is 1.11. The van der Waals surface area contributed by atoms with Gasteiger partial charge < -0.3 is 0 Å². The van der Waals surface area contributed by atoms with Gasteiger partial charge in [0.25, 0.3) is 0 Å². The van der Waals surface area contributed by atoms with E-state index in [0.29, 0.717) is 6.42 Å². The van der Waals surface area contributed by atoms with Crippen molar-refractivity contribution in [2.24, 2.45) is 0 Å². The van der Waals surface area contributed by atoms with Crippen LogP contribution in [0.1, 0.15) is 6.42 Å². The van der Waals surface area contributed by atoms with Crippen LogP contribution in [0.25, 0.3) is 10.2 Å². The zero-order valence-corrected chi connectivity index (χ0v) is 13.9. The van der Waals surface area contributed by atoms with E-state index in [0.717, 1.165) is 21.1 Å². The predicted molar refractivity (Wildman–Crippen MR) is 94.8 cm³/mol. The van der Waals surface area contributed by atoms with Gasteiger partial charge in [0.2, 0.25) is 5.91 Å². The number of aromatic nitrogens is 1. The summed E-state index contributed by atoms with van der Waals surface area (Å²) in [6.07, 6.45) is 0.506. The zero-order chi connectivity index (χ0) is 15.4. The van der Waals surface area contributed by atoms with Gasteiger partial charge in [0, 0.05) is 24.1 Å². The van der Waals surface area contributed by atoms with Crippen LogP contribution in [-0.2, 0) is 4.79 Å². The van der Waals surface area contributed by atoms with Gasteiger partial charge >= 0.3 is 0 Å². The van der Waals surface area contributed by atoms with Crippen molar-refractivity contribution in [2.45, 2.75) is 11.3 Å². The number of thioether (sulfide) groups is 1. The number of benzene rings is 2. The normalized spacial score (nSPS) is 10.8. The summed E-state index contributed by atoms with van der Waals surface area (Å²) in [5.41, 5.74) is 0.945. The molecule has 3 nitrogen and oxygen atoms in total. The SMILES string of the molecule is CN(C(=O)CCSc1ccccc1)c1nc2ccccc2s1. The molecule has 112 valence electrons. The number of nitrogens with zero attached hydrogens (tertiary/aromatic N) is 2. The second-order valence-corrected chi connectivity index (χ2v) is 7.01. The molecule has 0 N–H and O–H groups in total. The molecule has 1 heterocycles. The molecule has 0 unspecified atom stereocenters. The van der Waals surface area contributed by atoms with Crippen molar-refractivity contribution in [3.05, 3.63) is 54.6 Å². The van der Waals surface area contributed by atoms with Gasteiger partial charge in [-0.25, -0.2) is 4.98 Å². The van der Waals surface area contributed by atoms with Gasteiger partial charge in [-0.2, -0.15) is 0 Å². The standard InChI is InChI=1S/C17H16N2OS2/c1-19(17-18-14-9-5-6-10-15(14)22-17)16(20)11-12-21-13-7-3-2-4-8-13/h2-10H,11-12H2,1H3. The molecule has 0 saturated heterocycles. The summed E-state index contributed by atoms with van der Waals surface area (Å²) in [6, 6.07) is 18.1. The lowest BCUT2D eigenvalue weighted by Gasteiger charge is -2.13. The molecule has 0 atom stereocenters. The summed E-state index contributed by atoms with van der Waals surface area (Å²) in [6.45, 7) is 0. The maximum absolute atomic E-state index is 12.3. The first-order valence-electron chi connectivity index (χ1n) is 7.04. The third-order valence-electron chi connectivity index (χ3n) is 3.27. The van der Waals surface area contributed by atoms with Crippen molar-refractivity contribution < 1.29 is 4.79 Å². The first kappa shape index (κ1) is 15.1. The largest absolute Gasteiger partial charge is 0.291 e. The third kappa shape index (κ3) is 3.48. The predicted octanol–water partition coefficient (Wildman–Crippen LogP) is 4.44. The number of amides is 1. The van der Waals surface area contributed by atoms with Gasteiger partial charge in [-0.05, 0) is 24.3 Å². The summed E-state index contributed by atoms with van der Waals surface area (Å²) in [5, 5.41) is 0.760. The van der Waals surface area contributed by atoms with Crippen LogP contribution >= 0.6 is 23.1 Å². The Morgan fingerprint density at radius 1 is 1.14 bits per heavy atom. The summed E-state index contributed by atoms with van der Waals surface area (Å²) in [5.74, 6) is 0.875. The molecule has 3 rings (SSSR count). The fourth-order valence-electron chi connectivity index (χ4n) is 2.05. The van der Waals surface area contributed by atoms with E-state index in [2.05, 4.69) is 17.1 Å². The van der Waals surface area contributed by atoms with Gasteiger partial charge in [-0.15, -0.1) is 11.8 Å². The molecule has 0 aliphatic heterocycles. The zero-order valence-electron chi connectivity index (χ0n) is 12.2. The summed E-state index contributed by atoms with van der Waals surface area (Å²) in [7, 11) is 1.80. The van der Waals surface area contributed by atoms with Gasteiger partial charge in [0.1, 0.15) is 0 Å². The van der Waals surface area contributed by atoms with Crippen LogP contribution in [0.5, 0.6) is 0 Å². The highest BCUT2D eigenvalue weighted by Gasteiger charge is 2.14. The molecule has 22 heavy (non-hydrogen) atoms. The monoisotopic (exact) mass is 328 g/mol. The lowest BCUT2D eigenvalue weighted by Crippen LogP contribution is -2.26. The Morgan fingerprint density at radius 2 is 1.86 bits per heavy atom. The molecule has 0 fully saturated rings. The molecule has 0 bridgehead atoms. The van der Waals surface area contributed by atoms with Crippen LogP contribution in [0.2, 0.25) is 0 Å². The molecule has 1 amide bonds. The Bertz CT molecular complexity index is 737. The van der Waals surface area contributed by atoms with E-state index in [1.807, 2.05) is 42.5 Å². The minimum absolute atomic E-state index is 0.0995. The molecule has 3 aromatic rings. The number of hydrogen-bond donors (Lipinski definition) is 0. The average molecular weight is 328 g/mol. The van der Waals surface area contributed by atoms with E-state index >= 15 is 0 Å². The van der Waals surface area contributed by atoms with Crippen molar-refractivity contribution in [1.29, 1.82) is 0 Å². The van der Waals surface area contributed by atoms with E-state index in [1.54, 1.807) is 35.0 Å². The number of carbonyl (C=O) groups is 1. The van der Waals surface area contributed by atoms with Crippen molar-refractivity contribution in [3.63, 3.8) is 0 Å². The maximum Gasteiger partial charge on any atom is 0.229 e. The molecule has 0 aliphatic carbocycles. The molecular formula is C17H16N2OS2. The molecule has 0 spiro atoms. The van der Waals surface area contributed by atoms with E-state index in [9.17, 15) is 4.79 Å². The van der Waals surface area contributed by atoms with Gasteiger partial charge in [0.05, 0.1) is 10.2 Å². The van der Waals surface area contributed by atoms with Gasteiger partial charge in [-0.1, -0.05) is 41.7 Å². The summed E-state index contributed by atoms with van der Waals surface area (Å²) >= 11 is 3.25. The molecule has 2 aromatic carbocycles. The first-order valence-corrected chi connectivity index (χ1v) is 8.84. The molecular weight excluding hydrogens is 312 g/mol. The molecule has 5 heteroatoms. The Morgan fingerprint density at radius 3 is 2.64 bits per heavy atom. The van der Waals surface area contributed by atoms with Crippen molar-refractivity contribution in [2.75, 3.05) is 17.7 Å². The van der Waals surface area contributed by atoms with Gasteiger partial charge in [-0.3, -0.25) is 9.69 Å². The Labute approximate surface area is 138 Å². The molecule has 0 saturated carbocycles. The fourth-order valence-corrected chi connectivity index (χ4v) is 3.86. The van der Waals surface area contributed by atoms with Crippen LogP contribution in [-0.4, -0.2) is 23.7 Å². The van der Waals surface area contributed by atoms with E-state index < -0.39 is 0 Å². The Balaban J connectivity index is 1.59. The smallest absolute Gasteiger partial charge is 0.229 e. The van der Waals surface area contributed by atoms with Crippen molar-refractivity contribution in [3.8, 4) is 0 Å². The molecule has 0 aliphatic rings. The molecule has 0 radical (unpaired) electrons.